The Morgan fingerprint density at radius 1 is 1.32 bits per heavy atom. The minimum atomic E-state index is -5.01. The highest BCUT2D eigenvalue weighted by molar-refractivity contribution is 5.99. The second kappa shape index (κ2) is 5.17. The number of hydrogen-bond donors (Lipinski definition) is 2. The summed E-state index contributed by atoms with van der Waals surface area (Å²) in [6.45, 7) is 1.48. The fourth-order valence-electron chi connectivity index (χ4n) is 1.36. The SMILES string of the molecule is COC(=O)c1cc(N)c(NC(=O)C(F)(F)F)cc1C. The lowest BCUT2D eigenvalue weighted by atomic mass is 10.1. The molecule has 1 amide bonds. The van der Waals surface area contributed by atoms with Gasteiger partial charge in [-0.25, -0.2) is 4.79 Å². The number of benzene rings is 1. The Morgan fingerprint density at radius 2 is 1.89 bits per heavy atom. The van der Waals surface area contributed by atoms with Gasteiger partial charge in [0.25, 0.3) is 0 Å². The fourth-order valence-corrected chi connectivity index (χ4v) is 1.36. The number of halogens is 3. The molecule has 0 spiro atoms. The molecule has 1 aromatic carbocycles. The lowest BCUT2D eigenvalue weighted by Crippen LogP contribution is -2.30. The van der Waals surface area contributed by atoms with Gasteiger partial charge in [-0.3, -0.25) is 4.79 Å². The molecular formula is C11H11F3N2O3. The van der Waals surface area contributed by atoms with Gasteiger partial charge in [0.05, 0.1) is 24.0 Å². The van der Waals surface area contributed by atoms with Crippen LogP contribution < -0.4 is 11.1 Å². The Hall–Kier alpha value is -2.25. The first-order valence-corrected chi connectivity index (χ1v) is 5.03. The van der Waals surface area contributed by atoms with Crippen LogP contribution in [-0.2, 0) is 9.53 Å². The van der Waals surface area contributed by atoms with Crippen molar-refractivity contribution in [2.45, 2.75) is 13.1 Å². The first-order valence-electron chi connectivity index (χ1n) is 5.03. The number of carbonyl (C=O) groups excluding carboxylic acids is 2. The third-order valence-electron chi connectivity index (χ3n) is 2.31. The van der Waals surface area contributed by atoms with Crippen LogP contribution in [0.15, 0.2) is 12.1 Å². The number of esters is 1. The van der Waals surface area contributed by atoms with E-state index in [1.54, 1.807) is 5.32 Å². The molecule has 19 heavy (non-hydrogen) atoms. The van der Waals surface area contributed by atoms with Gasteiger partial charge in [-0.2, -0.15) is 13.2 Å². The van der Waals surface area contributed by atoms with E-state index in [-0.39, 0.29) is 16.9 Å². The van der Waals surface area contributed by atoms with Crippen LogP contribution in [0.5, 0.6) is 0 Å². The van der Waals surface area contributed by atoms with Gasteiger partial charge in [0.2, 0.25) is 0 Å². The van der Waals surface area contributed by atoms with Crippen molar-refractivity contribution in [2.24, 2.45) is 0 Å². The third-order valence-corrected chi connectivity index (χ3v) is 2.31. The zero-order valence-corrected chi connectivity index (χ0v) is 10.1. The summed E-state index contributed by atoms with van der Waals surface area (Å²) in [5.41, 5.74) is 5.55. The molecule has 1 rings (SSSR count). The average molecular weight is 276 g/mol. The van der Waals surface area contributed by atoms with E-state index in [9.17, 15) is 22.8 Å². The number of aryl methyl sites for hydroxylation is 1. The molecule has 0 radical (unpaired) electrons. The normalized spacial score (nSPS) is 11.0. The van der Waals surface area contributed by atoms with Crippen molar-refractivity contribution < 1.29 is 27.5 Å². The van der Waals surface area contributed by atoms with Crippen molar-refractivity contribution in [3.8, 4) is 0 Å². The zero-order valence-electron chi connectivity index (χ0n) is 10.1. The summed E-state index contributed by atoms with van der Waals surface area (Å²) in [6.07, 6.45) is -5.01. The monoisotopic (exact) mass is 276 g/mol. The molecule has 0 aliphatic rings. The molecular weight excluding hydrogens is 265 g/mol. The van der Waals surface area contributed by atoms with Crippen LogP contribution in [0.1, 0.15) is 15.9 Å². The Bertz CT molecular complexity index is 527. The van der Waals surface area contributed by atoms with Gasteiger partial charge in [0.1, 0.15) is 0 Å². The van der Waals surface area contributed by atoms with Crippen molar-refractivity contribution in [1.29, 1.82) is 0 Å². The summed E-state index contributed by atoms with van der Waals surface area (Å²) >= 11 is 0. The summed E-state index contributed by atoms with van der Waals surface area (Å²) in [4.78, 5) is 22.1. The van der Waals surface area contributed by atoms with Gasteiger partial charge in [0, 0.05) is 0 Å². The van der Waals surface area contributed by atoms with Crippen LogP contribution in [0.4, 0.5) is 24.5 Å². The largest absolute Gasteiger partial charge is 0.471 e. The number of alkyl halides is 3. The molecule has 1 aromatic rings. The summed E-state index contributed by atoms with van der Waals surface area (Å²) in [7, 11) is 1.16. The highest BCUT2D eigenvalue weighted by Gasteiger charge is 2.39. The Morgan fingerprint density at radius 3 is 2.37 bits per heavy atom. The molecule has 0 atom stereocenters. The minimum Gasteiger partial charge on any atom is -0.465 e. The Kier molecular flexibility index (Phi) is 4.03. The van der Waals surface area contributed by atoms with E-state index < -0.39 is 18.1 Å². The van der Waals surface area contributed by atoms with Crippen LogP contribution in [-0.4, -0.2) is 25.2 Å². The number of nitrogens with one attached hydrogen (secondary N) is 1. The molecule has 0 aliphatic carbocycles. The van der Waals surface area contributed by atoms with Crippen LogP contribution in [0, 0.1) is 6.92 Å². The predicted octanol–water partition coefficient (Wildman–Crippen LogP) is 1.86. The van der Waals surface area contributed by atoms with E-state index in [2.05, 4.69) is 4.74 Å². The second-order valence-electron chi connectivity index (χ2n) is 3.70. The molecule has 104 valence electrons. The first kappa shape index (κ1) is 14.8. The average Bonchev–Trinajstić information content (AvgIpc) is 2.31. The molecule has 0 saturated carbocycles. The number of methoxy groups -OCH3 is 1. The van der Waals surface area contributed by atoms with Crippen LogP contribution in [0.3, 0.4) is 0 Å². The van der Waals surface area contributed by atoms with Crippen molar-refractivity contribution in [1.82, 2.24) is 0 Å². The molecule has 5 nitrogen and oxygen atoms in total. The van der Waals surface area contributed by atoms with E-state index in [0.29, 0.717) is 5.56 Å². The standard InChI is InChI=1S/C11H11F3N2O3/c1-5-3-8(16-10(18)11(12,13)14)7(15)4-6(5)9(17)19-2/h3-4H,15H2,1-2H3,(H,16,18). The summed E-state index contributed by atoms with van der Waals surface area (Å²) in [6, 6.07) is 2.32. The maximum atomic E-state index is 12.1. The van der Waals surface area contributed by atoms with Crippen molar-refractivity contribution in [3.63, 3.8) is 0 Å². The van der Waals surface area contributed by atoms with E-state index in [4.69, 9.17) is 5.73 Å². The number of hydrogen-bond acceptors (Lipinski definition) is 4. The van der Waals surface area contributed by atoms with E-state index in [1.165, 1.54) is 13.0 Å². The molecule has 3 N–H and O–H groups in total. The van der Waals surface area contributed by atoms with E-state index in [1.807, 2.05) is 0 Å². The number of anilines is 2. The lowest BCUT2D eigenvalue weighted by molar-refractivity contribution is -0.167. The molecule has 8 heteroatoms. The number of amides is 1. The van der Waals surface area contributed by atoms with Gasteiger partial charge < -0.3 is 15.8 Å². The summed E-state index contributed by atoms with van der Waals surface area (Å²) < 4.78 is 40.8. The van der Waals surface area contributed by atoms with Crippen molar-refractivity contribution in [3.05, 3.63) is 23.3 Å². The highest BCUT2D eigenvalue weighted by atomic mass is 19.4. The molecule has 0 heterocycles. The van der Waals surface area contributed by atoms with Gasteiger partial charge in [-0.05, 0) is 24.6 Å². The topological polar surface area (TPSA) is 81.4 Å². The van der Waals surface area contributed by atoms with Crippen molar-refractivity contribution in [2.75, 3.05) is 18.2 Å². The van der Waals surface area contributed by atoms with Crippen LogP contribution in [0.2, 0.25) is 0 Å². The number of rotatable bonds is 2. The second-order valence-corrected chi connectivity index (χ2v) is 3.70. The Labute approximate surface area is 106 Å². The molecule has 0 aliphatic heterocycles. The van der Waals surface area contributed by atoms with Crippen LogP contribution in [0.25, 0.3) is 0 Å². The molecule has 0 unspecified atom stereocenters. The maximum absolute atomic E-state index is 12.1. The third kappa shape index (κ3) is 3.36. The van der Waals surface area contributed by atoms with Crippen LogP contribution >= 0.6 is 0 Å². The smallest absolute Gasteiger partial charge is 0.465 e. The lowest BCUT2D eigenvalue weighted by Gasteiger charge is -2.13. The number of ether oxygens (including phenoxy) is 1. The van der Waals surface area contributed by atoms with Gasteiger partial charge >= 0.3 is 18.1 Å². The predicted molar refractivity (Wildman–Crippen MR) is 61.6 cm³/mol. The zero-order chi connectivity index (χ0) is 14.8. The number of nitrogens with two attached hydrogens (primary N) is 1. The molecule has 0 bridgehead atoms. The fraction of sp³-hybridized carbons (Fsp3) is 0.273. The quantitative estimate of drug-likeness (QED) is 0.638. The van der Waals surface area contributed by atoms with Gasteiger partial charge in [0.15, 0.2) is 0 Å². The maximum Gasteiger partial charge on any atom is 0.471 e. The minimum absolute atomic E-state index is 0.116. The molecule has 0 fully saturated rings. The van der Waals surface area contributed by atoms with Gasteiger partial charge in [-0.1, -0.05) is 0 Å². The molecule has 0 aromatic heterocycles. The number of carbonyl (C=O) groups is 2. The van der Waals surface area contributed by atoms with Gasteiger partial charge in [-0.15, -0.1) is 0 Å². The summed E-state index contributed by atoms with van der Waals surface area (Å²) in [5, 5.41) is 1.63. The number of nitrogen functional groups attached to an aromatic ring is 1. The van der Waals surface area contributed by atoms with E-state index >= 15 is 0 Å². The highest BCUT2D eigenvalue weighted by Crippen LogP contribution is 2.26. The molecule has 0 saturated heterocycles. The van der Waals surface area contributed by atoms with Crippen molar-refractivity contribution >= 4 is 23.3 Å². The summed E-state index contributed by atoms with van der Waals surface area (Å²) in [5.74, 6) is -2.80. The Balaban J connectivity index is 3.10. The van der Waals surface area contributed by atoms with E-state index in [0.717, 1.165) is 13.2 Å². The first-order chi connectivity index (χ1) is 8.66.